The van der Waals surface area contributed by atoms with Gasteiger partial charge in [-0.15, -0.1) is 0 Å². The summed E-state index contributed by atoms with van der Waals surface area (Å²) in [5.41, 5.74) is 7.22. The number of piperidine rings is 2. The lowest BCUT2D eigenvalue weighted by Gasteiger charge is -2.26. The third-order valence-electron chi connectivity index (χ3n) is 21.0. The number of carbonyl (C=O) groups is 8. The smallest absolute Gasteiger partial charge is 0.262 e. The molecule has 2 aliphatic heterocycles. The standard InChI is InChI=1S/C24H31N3O3.C23H29N3O3.C20H25N5O3.C20H22N4O3.CH4/c1-4-5-6-7-11-22(29)25-15-18-9-8-10-19-23(18)24(30)27(17(3)26-19)20-13-12-16(2)14-21(20)28;1-14-9-10-18(19(27)11-14)26-15(2)25-17-8-6-7-16(21(17)22(26)29)13-24-20(28)12-23(3,4)5;1-12-8-9-16(19(27)22-12)25-13(2)23-15-7-5-6-14(18(15)20(25)28)10-21-17(26)11-24(3)4;1-11-6-9-16(19(26)22-11)24-12(2)23-15-5-3-4-14(17(15)20(24)27)10-21-18(25)13-7-8-13;/h8-10,20H,2,4-7,11-15H2,1,3H3,(H,25,29);6-8,18H,1,9-13H2,2-5H3,(H,24,28);5-7,16H,1,8-11H2,2-4H3,(H,21,26)(H,22,27);3-5,13,16H,1,6-10H2,2H3,(H,21,25)(H,22,26);1H4. The Morgan fingerprint density at radius 2 is 0.800 bits per heavy atom. The van der Waals surface area contributed by atoms with Crippen LogP contribution in [0.15, 0.2) is 141 Å². The quantitative estimate of drug-likeness (QED) is 0.0287. The van der Waals surface area contributed by atoms with Crippen molar-refractivity contribution in [1.82, 2.24) is 75.0 Å². The highest BCUT2D eigenvalue weighted by Crippen LogP contribution is 2.33. The molecular formula is C88H111N15O12. The largest absolute Gasteiger partial charge is 0.352 e. The average Bonchev–Trinajstić information content (AvgIpc) is 1.58. The summed E-state index contributed by atoms with van der Waals surface area (Å²) < 4.78 is 5.98. The van der Waals surface area contributed by atoms with E-state index in [1.165, 1.54) is 18.3 Å². The van der Waals surface area contributed by atoms with Gasteiger partial charge >= 0.3 is 0 Å². The number of unbranched alkanes of at least 4 members (excludes halogenated alkanes) is 3. The first-order chi connectivity index (χ1) is 54.2. The summed E-state index contributed by atoms with van der Waals surface area (Å²) in [5, 5.41) is 18.8. The van der Waals surface area contributed by atoms with E-state index >= 15 is 0 Å². The van der Waals surface area contributed by atoms with Gasteiger partial charge in [0.05, 0.1) is 62.2 Å². The second-order valence-corrected chi connectivity index (χ2v) is 31.9. The minimum Gasteiger partial charge on any atom is -0.352 e. The predicted octanol–water partition coefficient (Wildman–Crippen LogP) is 10.9. The minimum atomic E-state index is -0.619. The average molecular weight is 1570 g/mol. The van der Waals surface area contributed by atoms with Gasteiger partial charge in [-0.25, -0.2) is 19.9 Å². The molecule has 0 spiro atoms. The number of aromatic nitrogens is 8. The van der Waals surface area contributed by atoms with Crippen molar-refractivity contribution < 1.29 is 38.4 Å². The van der Waals surface area contributed by atoms with Crippen molar-refractivity contribution in [1.29, 1.82) is 0 Å². The number of nitrogens with one attached hydrogen (secondary N) is 6. The molecule has 6 heterocycles. The lowest BCUT2D eigenvalue weighted by atomic mass is 9.90. The Morgan fingerprint density at radius 1 is 0.461 bits per heavy atom. The molecule has 27 nitrogen and oxygen atoms in total. The molecule has 4 aromatic carbocycles. The summed E-state index contributed by atoms with van der Waals surface area (Å²) >= 11 is 0. The highest BCUT2D eigenvalue weighted by atomic mass is 16.2. The Kier molecular flexibility index (Phi) is 29.3. The molecule has 3 aliphatic carbocycles. The third-order valence-corrected chi connectivity index (χ3v) is 21.0. The molecule has 8 aromatic rings. The normalized spacial score (nSPS) is 17.6. The Labute approximate surface area is 670 Å². The molecular weight excluding hydrogens is 1460 g/mol. The maximum atomic E-state index is 13.4. The van der Waals surface area contributed by atoms with E-state index in [1.807, 2.05) is 77.3 Å². The zero-order chi connectivity index (χ0) is 82.6. The van der Waals surface area contributed by atoms with E-state index in [1.54, 1.807) is 62.9 Å². The van der Waals surface area contributed by atoms with Gasteiger partial charge < -0.3 is 36.8 Å². The van der Waals surface area contributed by atoms with Gasteiger partial charge in [0.1, 0.15) is 35.4 Å². The van der Waals surface area contributed by atoms with Gasteiger partial charge in [-0.1, -0.05) is 140 Å². The monoisotopic (exact) mass is 1570 g/mol. The fourth-order valence-electron chi connectivity index (χ4n) is 15.2. The Balaban J connectivity index is 0.000000175. The van der Waals surface area contributed by atoms with Crippen LogP contribution in [0.25, 0.3) is 43.6 Å². The molecule has 2 saturated heterocycles. The van der Waals surface area contributed by atoms with Crippen LogP contribution in [0.3, 0.4) is 0 Å². The Hall–Kier alpha value is -11.5. The third kappa shape index (κ3) is 21.7. The topological polar surface area (TPSA) is 352 Å². The van der Waals surface area contributed by atoms with Crippen LogP contribution in [-0.4, -0.2) is 111 Å². The molecule has 4 atom stereocenters. The predicted molar refractivity (Wildman–Crippen MR) is 446 cm³/mol. The first kappa shape index (κ1) is 87.5. The van der Waals surface area contributed by atoms with E-state index in [9.17, 15) is 57.5 Å². The second-order valence-electron chi connectivity index (χ2n) is 31.9. The maximum absolute atomic E-state index is 13.4. The number of likely N-dealkylation sites (N-methyl/N-ethyl adjacent to an activating group) is 1. The fraction of sp³-hybridized carbons (Fsp3) is 0.455. The van der Waals surface area contributed by atoms with E-state index in [0.29, 0.717) is 159 Å². The number of Topliss-reactive ketones (excluding diaryl/α,β-unsaturated/α-hetero) is 2. The molecule has 4 aromatic heterocycles. The number of benzene rings is 4. The van der Waals surface area contributed by atoms with E-state index in [4.69, 9.17) is 0 Å². The molecule has 0 bridgehead atoms. The lowest BCUT2D eigenvalue weighted by molar-refractivity contribution is -0.125. The van der Waals surface area contributed by atoms with Crippen LogP contribution in [0, 0.1) is 39.0 Å². The number of hydrogen-bond donors (Lipinski definition) is 6. The van der Waals surface area contributed by atoms with Crippen molar-refractivity contribution in [3.8, 4) is 0 Å². The van der Waals surface area contributed by atoms with E-state index in [0.717, 1.165) is 68.1 Å². The van der Waals surface area contributed by atoms with Crippen LogP contribution >= 0.6 is 0 Å². The number of nitrogens with zero attached hydrogens (tertiary/aromatic N) is 9. The molecule has 4 unspecified atom stereocenters. The molecule has 0 radical (unpaired) electrons. The number of allylic oxidation sites excluding steroid dienone is 4. The van der Waals surface area contributed by atoms with Crippen LogP contribution in [0.2, 0.25) is 0 Å². The van der Waals surface area contributed by atoms with Crippen LogP contribution in [0.5, 0.6) is 0 Å². The van der Waals surface area contributed by atoms with Gasteiger partial charge in [-0.05, 0) is 164 Å². The molecule has 5 aliphatic rings. The number of rotatable bonds is 21. The fourth-order valence-corrected chi connectivity index (χ4v) is 15.2. The number of aryl methyl sites for hydroxylation is 4. The van der Waals surface area contributed by atoms with Crippen molar-refractivity contribution in [2.45, 2.75) is 229 Å². The first-order valence-corrected chi connectivity index (χ1v) is 39.3. The van der Waals surface area contributed by atoms with Gasteiger partial charge in [-0.2, -0.15) is 0 Å². The molecule has 3 saturated carbocycles. The van der Waals surface area contributed by atoms with E-state index in [2.05, 4.69) is 85.1 Å². The summed E-state index contributed by atoms with van der Waals surface area (Å²) in [6.07, 6.45) is 12.4. The molecule has 13 rings (SSSR count). The van der Waals surface area contributed by atoms with Crippen molar-refractivity contribution in [2.24, 2.45) is 11.3 Å². The summed E-state index contributed by atoms with van der Waals surface area (Å²) in [4.78, 5) is 172. The van der Waals surface area contributed by atoms with E-state index < -0.39 is 24.2 Å². The molecule has 5 fully saturated rings. The highest BCUT2D eigenvalue weighted by molar-refractivity contribution is 5.91. The van der Waals surface area contributed by atoms with Gasteiger partial charge in [-0.3, -0.25) is 75.8 Å². The number of hydrogen-bond acceptors (Lipinski definition) is 17. The van der Waals surface area contributed by atoms with Crippen molar-refractivity contribution >= 4 is 90.6 Å². The van der Waals surface area contributed by atoms with Crippen LogP contribution in [0.4, 0.5) is 0 Å². The summed E-state index contributed by atoms with van der Waals surface area (Å²) in [6, 6.07) is 19.5. The van der Waals surface area contributed by atoms with Crippen LogP contribution < -0.4 is 54.1 Å². The van der Waals surface area contributed by atoms with Gasteiger partial charge in [0, 0.05) is 69.2 Å². The number of ketones is 2. The number of amides is 6. The lowest BCUT2D eigenvalue weighted by Crippen LogP contribution is -2.41. The molecule has 6 N–H and O–H groups in total. The van der Waals surface area contributed by atoms with Gasteiger partial charge in [0.2, 0.25) is 35.4 Å². The Bertz CT molecular complexity index is 5420. The number of fused-ring (bicyclic) bond motifs is 4. The molecule has 115 heavy (non-hydrogen) atoms. The molecule has 27 heteroatoms. The van der Waals surface area contributed by atoms with Crippen LogP contribution in [-0.2, 0) is 64.5 Å². The summed E-state index contributed by atoms with van der Waals surface area (Å²) in [7, 11) is 3.62. The zero-order valence-corrected chi connectivity index (χ0v) is 67.3. The summed E-state index contributed by atoms with van der Waals surface area (Å²) in [6.45, 7) is 31.8. The van der Waals surface area contributed by atoms with Crippen molar-refractivity contribution in [2.75, 3.05) is 20.6 Å². The maximum Gasteiger partial charge on any atom is 0.262 e. The van der Waals surface area contributed by atoms with Gasteiger partial charge in [0.15, 0.2) is 11.6 Å². The summed E-state index contributed by atoms with van der Waals surface area (Å²) in [5.74, 6) is 1.51. The van der Waals surface area contributed by atoms with Crippen LogP contribution in [0.1, 0.15) is 220 Å². The second kappa shape index (κ2) is 38.6. The first-order valence-electron chi connectivity index (χ1n) is 39.3. The molecule has 6 amide bonds. The molecule has 610 valence electrons. The van der Waals surface area contributed by atoms with Gasteiger partial charge in [0.25, 0.3) is 22.2 Å². The van der Waals surface area contributed by atoms with E-state index in [-0.39, 0.29) is 121 Å². The van der Waals surface area contributed by atoms with Crippen molar-refractivity contribution in [3.05, 3.63) is 209 Å². The zero-order valence-electron chi connectivity index (χ0n) is 67.3. The minimum absolute atomic E-state index is 0. The highest BCUT2D eigenvalue weighted by Gasteiger charge is 2.35. The van der Waals surface area contributed by atoms with Crippen molar-refractivity contribution in [3.63, 3.8) is 0 Å². The number of carbonyl (C=O) groups excluding carboxylic acids is 8. The Morgan fingerprint density at radius 3 is 1.13 bits per heavy atom. The SMILES string of the molecule is C.C=C1CCC(n2c(C)nc3cccc(CNC(=O)C4CC4)c3c2=O)C(=O)N1.C=C1CCC(n2c(C)nc3cccc(CNC(=O)CC(C)(C)C)c3c2=O)C(=O)C1.C=C1CCC(n2c(C)nc3cccc(CNC(=O)CCCCCC)c3c2=O)C(=O)C1.C=C1CCC(n2c(C)nc3cccc(CNC(=O)CN(C)C)c3c2=O)C(=O)N1.